The molecule has 0 unspecified atom stereocenters. The van der Waals surface area contributed by atoms with Gasteiger partial charge in [0, 0.05) is 12.5 Å². The van der Waals surface area contributed by atoms with Gasteiger partial charge in [0.05, 0.1) is 10.3 Å². The molecule has 1 N–H and O–H groups in total. The molecule has 0 radical (unpaired) electrons. The van der Waals surface area contributed by atoms with E-state index < -0.39 is 21.7 Å². The van der Waals surface area contributed by atoms with E-state index in [9.17, 15) is 21.6 Å². The fourth-order valence-electron chi connectivity index (χ4n) is 2.63. The highest BCUT2D eigenvalue weighted by molar-refractivity contribution is 7.90. The van der Waals surface area contributed by atoms with Gasteiger partial charge in [-0.2, -0.15) is 18.3 Å². The zero-order chi connectivity index (χ0) is 17.7. The predicted molar refractivity (Wildman–Crippen MR) is 82.2 cm³/mol. The molecule has 0 fully saturated rings. The molecular weight excluding hydrogens is 343 g/mol. The number of benzene rings is 1. The number of hydrogen-bond donors (Lipinski definition) is 1. The van der Waals surface area contributed by atoms with Crippen LogP contribution in [0.15, 0.2) is 35.4 Å². The van der Waals surface area contributed by atoms with Gasteiger partial charge in [0.2, 0.25) is 0 Å². The Kier molecular flexibility index (Phi) is 3.63. The van der Waals surface area contributed by atoms with Crippen LogP contribution in [0.1, 0.15) is 11.3 Å². The fourth-order valence-corrected chi connectivity index (χ4v) is 3.58. The Hall–Kier alpha value is -2.42. The van der Waals surface area contributed by atoms with Crippen molar-refractivity contribution < 1.29 is 21.6 Å². The largest absolute Gasteiger partial charge is 0.433 e. The highest BCUT2D eigenvalue weighted by atomic mass is 32.2. The van der Waals surface area contributed by atoms with E-state index in [1.165, 1.54) is 30.5 Å². The van der Waals surface area contributed by atoms with Gasteiger partial charge >= 0.3 is 6.18 Å². The molecule has 2 aromatic heterocycles. The lowest BCUT2D eigenvalue weighted by Crippen LogP contribution is -2.06. The molecule has 0 aliphatic rings. The summed E-state index contributed by atoms with van der Waals surface area (Å²) in [5.41, 5.74) is 0.163. The second-order valence-electron chi connectivity index (χ2n) is 5.41. The number of aryl methyl sites for hydroxylation is 1. The Morgan fingerprint density at radius 3 is 2.46 bits per heavy atom. The van der Waals surface area contributed by atoms with E-state index in [2.05, 4.69) is 10.1 Å². The summed E-state index contributed by atoms with van der Waals surface area (Å²) in [5, 5.41) is 5.44. The maximum atomic E-state index is 13.2. The monoisotopic (exact) mass is 355 g/mol. The summed E-state index contributed by atoms with van der Waals surface area (Å²) >= 11 is 0. The van der Waals surface area contributed by atoms with E-state index in [0.29, 0.717) is 11.1 Å². The minimum atomic E-state index is -4.60. The van der Waals surface area contributed by atoms with E-state index in [4.69, 9.17) is 0 Å². The maximum Gasteiger partial charge on any atom is 0.433 e. The fraction of sp³-hybridized carbons (Fsp3) is 0.200. The zero-order valence-corrected chi connectivity index (χ0v) is 13.5. The van der Waals surface area contributed by atoms with Crippen LogP contribution in [0.25, 0.3) is 22.2 Å². The number of H-pyrrole nitrogens is 1. The number of fused-ring (bicyclic) bond motifs is 1. The summed E-state index contributed by atoms with van der Waals surface area (Å²) in [7, 11) is -3.41. The van der Waals surface area contributed by atoms with Crippen molar-refractivity contribution in [2.24, 2.45) is 0 Å². The Labute approximate surface area is 135 Å². The Bertz CT molecular complexity index is 1040. The number of sulfone groups is 1. The first-order chi connectivity index (χ1) is 11.1. The van der Waals surface area contributed by atoms with Crippen LogP contribution in [0, 0.1) is 6.92 Å². The smallest absolute Gasteiger partial charge is 0.271 e. The lowest BCUT2D eigenvalue weighted by molar-refractivity contribution is -0.139. The summed E-state index contributed by atoms with van der Waals surface area (Å²) in [6, 6.07) is 5.85. The molecule has 0 saturated heterocycles. The van der Waals surface area contributed by atoms with Gasteiger partial charge in [0.25, 0.3) is 0 Å². The second-order valence-corrected chi connectivity index (χ2v) is 7.39. The Balaban J connectivity index is 2.28. The molecule has 0 aliphatic heterocycles. The Morgan fingerprint density at radius 2 is 1.88 bits per heavy atom. The maximum absolute atomic E-state index is 13.2. The molecule has 1 aromatic carbocycles. The first-order valence-corrected chi connectivity index (χ1v) is 8.69. The number of hydrogen-bond acceptors (Lipinski definition) is 4. The Morgan fingerprint density at radius 1 is 1.17 bits per heavy atom. The number of nitrogens with zero attached hydrogens (tertiary/aromatic N) is 2. The minimum absolute atomic E-state index is 0.0512. The van der Waals surface area contributed by atoms with Crippen molar-refractivity contribution in [1.29, 1.82) is 0 Å². The van der Waals surface area contributed by atoms with Crippen molar-refractivity contribution in [1.82, 2.24) is 15.2 Å². The van der Waals surface area contributed by atoms with E-state index in [0.717, 1.165) is 6.26 Å². The lowest BCUT2D eigenvalue weighted by Gasteiger charge is -2.10. The van der Waals surface area contributed by atoms with Gasteiger partial charge in [-0.15, -0.1) is 0 Å². The van der Waals surface area contributed by atoms with Gasteiger partial charge in [0.1, 0.15) is 5.69 Å². The number of aromatic amines is 1. The highest BCUT2D eigenvalue weighted by Crippen LogP contribution is 2.38. The van der Waals surface area contributed by atoms with Crippen LogP contribution in [0.4, 0.5) is 13.2 Å². The third-order valence-electron chi connectivity index (χ3n) is 3.62. The zero-order valence-electron chi connectivity index (χ0n) is 12.6. The van der Waals surface area contributed by atoms with Gasteiger partial charge in [-0.05, 0) is 35.7 Å². The van der Waals surface area contributed by atoms with E-state index in [-0.39, 0.29) is 21.5 Å². The summed E-state index contributed by atoms with van der Waals surface area (Å²) in [4.78, 5) is 3.98. The second kappa shape index (κ2) is 5.30. The molecule has 0 bridgehead atoms. The van der Waals surface area contributed by atoms with Gasteiger partial charge in [-0.25, -0.2) is 13.4 Å². The number of nitrogens with one attached hydrogen (secondary N) is 1. The number of rotatable bonds is 2. The van der Waals surface area contributed by atoms with Crippen molar-refractivity contribution in [2.75, 3.05) is 6.26 Å². The molecule has 126 valence electrons. The third kappa shape index (κ3) is 2.75. The van der Waals surface area contributed by atoms with Crippen LogP contribution in [-0.2, 0) is 16.0 Å². The van der Waals surface area contributed by atoms with Gasteiger partial charge in [-0.3, -0.25) is 5.10 Å². The summed E-state index contributed by atoms with van der Waals surface area (Å²) in [5.74, 6) is 0. The van der Waals surface area contributed by atoms with Crippen LogP contribution in [0.3, 0.4) is 0 Å². The van der Waals surface area contributed by atoms with Gasteiger partial charge < -0.3 is 0 Å². The highest BCUT2D eigenvalue weighted by Gasteiger charge is 2.36. The summed E-state index contributed by atoms with van der Waals surface area (Å²) < 4.78 is 62.9. The molecule has 0 atom stereocenters. The van der Waals surface area contributed by atoms with Crippen molar-refractivity contribution in [3.63, 3.8) is 0 Å². The van der Waals surface area contributed by atoms with Crippen LogP contribution in [0.2, 0.25) is 0 Å². The van der Waals surface area contributed by atoms with Crippen molar-refractivity contribution >= 4 is 20.9 Å². The average molecular weight is 355 g/mol. The standard InChI is InChI=1S/C15H12F3N3O2S/c1-8-7-9(3-4-11(8)24(2,22)23)10-5-6-19-14-12(10)13(20-21-14)15(16,17)18/h3-7H,1-2H3,(H,19,20,21). The van der Waals surface area contributed by atoms with Crippen molar-refractivity contribution in [3.8, 4) is 11.1 Å². The average Bonchev–Trinajstić information content (AvgIpc) is 2.89. The molecule has 3 aromatic rings. The number of halogens is 3. The van der Waals surface area contributed by atoms with Crippen LogP contribution in [-0.4, -0.2) is 29.9 Å². The number of alkyl halides is 3. The van der Waals surface area contributed by atoms with Gasteiger partial charge in [-0.1, -0.05) is 12.1 Å². The molecule has 2 heterocycles. The summed E-state index contributed by atoms with van der Waals surface area (Å²) in [6.07, 6.45) is -2.16. The predicted octanol–water partition coefficient (Wildman–Crippen LogP) is 3.36. The van der Waals surface area contributed by atoms with E-state index >= 15 is 0 Å². The van der Waals surface area contributed by atoms with Crippen LogP contribution < -0.4 is 0 Å². The molecule has 0 amide bonds. The topological polar surface area (TPSA) is 75.7 Å². The van der Waals surface area contributed by atoms with Crippen molar-refractivity contribution in [2.45, 2.75) is 18.0 Å². The van der Waals surface area contributed by atoms with Crippen LogP contribution in [0.5, 0.6) is 0 Å². The van der Waals surface area contributed by atoms with E-state index in [1.54, 1.807) is 6.92 Å². The van der Waals surface area contributed by atoms with Crippen molar-refractivity contribution in [3.05, 3.63) is 41.7 Å². The molecule has 0 saturated carbocycles. The number of aromatic nitrogens is 3. The van der Waals surface area contributed by atoms with Gasteiger partial charge in [0.15, 0.2) is 15.5 Å². The SMILES string of the molecule is Cc1cc(-c2ccnc3n[nH]c(C(F)(F)F)c23)ccc1S(C)(=O)=O. The molecule has 3 rings (SSSR count). The number of pyridine rings is 1. The minimum Gasteiger partial charge on any atom is -0.271 e. The molecule has 0 aliphatic carbocycles. The normalized spacial score (nSPS) is 12.7. The molecular formula is C15H12F3N3O2S. The first kappa shape index (κ1) is 16.4. The third-order valence-corrected chi connectivity index (χ3v) is 4.88. The molecule has 24 heavy (non-hydrogen) atoms. The quantitative estimate of drug-likeness (QED) is 0.765. The van der Waals surface area contributed by atoms with E-state index in [1.807, 2.05) is 5.10 Å². The van der Waals surface area contributed by atoms with Crippen LogP contribution >= 0.6 is 0 Å². The first-order valence-electron chi connectivity index (χ1n) is 6.80. The molecule has 5 nitrogen and oxygen atoms in total. The molecule has 0 spiro atoms. The molecule has 9 heteroatoms. The lowest BCUT2D eigenvalue weighted by atomic mass is 10.0. The summed E-state index contributed by atoms with van der Waals surface area (Å²) in [6.45, 7) is 1.60.